The first-order chi connectivity index (χ1) is 7.87. The number of rotatable bonds is 5. The average molecular weight is 241 g/mol. The van der Waals surface area contributed by atoms with Crippen molar-refractivity contribution in [2.45, 2.75) is 46.0 Å². The molecule has 0 aromatic carbocycles. The molecule has 1 amide bonds. The molecule has 17 heavy (non-hydrogen) atoms. The van der Waals surface area contributed by atoms with Gasteiger partial charge in [-0.1, -0.05) is 26.7 Å². The highest BCUT2D eigenvalue weighted by atomic mass is 16.4. The topological polar surface area (TPSA) is 57.6 Å². The van der Waals surface area contributed by atoms with Crippen molar-refractivity contribution in [2.75, 3.05) is 13.6 Å². The van der Waals surface area contributed by atoms with E-state index in [1.807, 2.05) is 13.8 Å². The minimum absolute atomic E-state index is 0.0389. The molecule has 4 nitrogen and oxygen atoms in total. The Hall–Kier alpha value is -1.06. The average Bonchev–Trinajstić information content (AvgIpc) is 2.66. The second kappa shape index (κ2) is 5.52. The van der Waals surface area contributed by atoms with Crippen LogP contribution in [0.1, 0.15) is 46.0 Å². The fourth-order valence-corrected chi connectivity index (χ4v) is 2.59. The monoisotopic (exact) mass is 241 g/mol. The van der Waals surface area contributed by atoms with Crippen LogP contribution in [0.15, 0.2) is 0 Å². The van der Waals surface area contributed by atoms with E-state index in [1.54, 1.807) is 11.9 Å². The Morgan fingerprint density at radius 3 is 2.24 bits per heavy atom. The molecule has 0 radical (unpaired) electrons. The normalized spacial score (nSPS) is 18.4. The zero-order chi connectivity index (χ0) is 13.1. The Labute approximate surface area is 103 Å². The molecule has 4 heteroatoms. The summed E-state index contributed by atoms with van der Waals surface area (Å²) in [5, 5.41) is 9.31. The highest BCUT2D eigenvalue weighted by Crippen LogP contribution is 2.41. The summed E-state index contributed by atoms with van der Waals surface area (Å²) >= 11 is 0. The van der Waals surface area contributed by atoms with Gasteiger partial charge >= 0.3 is 5.97 Å². The van der Waals surface area contributed by atoms with E-state index >= 15 is 0 Å². The van der Waals surface area contributed by atoms with Crippen LogP contribution in [-0.4, -0.2) is 35.5 Å². The van der Waals surface area contributed by atoms with Gasteiger partial charge in [0.2, 0.25) is 5.91 Å². The lowest BCUT2D eigenvalue weighted by Crippen LogP contribution is -2.38. The van der Waals surface area contributed by atoms with E-state index in [9.17, 15) is 14.7 Å². The molecule has 0 aliphatic heterocycles. The second-order valence-electron chi connectivity index (χ2n) is 5.64. The lowest BCUT2D eigenvalue weighted by Gasteiger charge is -2.27. The van der Waals surface area contributed by atoms with E-state index in [4.69, 9.17) is 0 Å². The first-order valence-electron chi connectivity index (χ1n) is 6.35. The zero-order valence-corrected chi connectivity index (χ0v) is 11.0. The van der Waals surface area contributed by atoms with Gasteiger partial charge in [-0.05, 0) is 18.8 Å². The smallest absolute Gasteiger partial charge is 0.310 e. The largest absolute Gasteiger partial charge is 0.481 e. The van der Waals surface area contributed by atoms with E-state index in [0.29, 0.717) is 25.3 Å². The molecule has 0 unspecified atom stereocenters. The van der Waals surface area contributed by atoms with Gasteiger partial charge in [-0.25, -0.2) is 0 Å². The highest BCUT2D eigenvalue weighted by molar-refractivity contribution is 5.85. The first-order valence-corrected chi connectivity index (χ1v) is 6.35. The summed E-state index contributed by atoms with van der Waals surface area (Å²) in [7, 11) is 1.76. The SMILES string of the molecule is CC(C)CN(C)C(=O)CC1(C(=O)O)CCCC1. The van der Waals surface area contributed by atoms with Crippen LogP contribution >= 0.6 is 0 Å². The van der Waals surface area contributed by atoms with E-state index in [2.05, 4.69) is 0 Å². The maximum absolute atomic E-state index is 12.0. The fraction of sp³-hybridized carbons (Fsp3) is 0.846. The number of nitrogens with zero attached hydrogens (tertiary/aromatic N) is 1. The minimum Gasteiger partial charge on any atom is -0.481 e. The Morgan fingerprint density at radius 2 is 1.82 bits per heavy atom. The van der Waals surface area contributed by atoms with Gasteiger partial charge in [-0.15, -0.1) is 0 Å². The van der Waals surface area contributed by atoms with Crippen LogP contribution in [0.3, 0.4) is 0 Å². The predicted molar refractivity (Wildman–Crippen MR) is 65.6 cm³/mol. The standard InChI is InChI=1S/C13H23NO3/c1-10(2)9-14(3)11(15)8-13(12(16)17)6-4-5-7-13/h10H,4-9H2,1-3H3,(H,16,17). The third-order valence-electron chi connectivity index (χ3n) is 3.57. The molecule has 0 aromatic rings. The number of aliphatic carboxylic acids is 1. The lowest BCUT2D eigenvalue weighted by atomic mass is 9.82. The van der Waals surface area contributed by atoms with Crippen LogP contribution in [0.4, 0.5) is 0 Å². The van der Waals surface area contributed by atoms with Gasteiger partial charge in [0.05, 0.1) is 5.41 Å². The number of carboxylic acid groups (broad SMARTS) is 1. The summed E-state index contributed by atoms with van der Waals surface area (Å²) in [6.45, 7) is 4.78. The molecule has 0 bridgehead atoms. The van der Waals surface area contributed by atoms with Crippen molar-refractivity contribution in [3.8, 4) is 0 Å². The van der Waals surface area contributed by atoms with Crippen LogP contribution in [0.25, 0.3) is 0 Å². The van der Waals surface area contributed by atoms with Crippen LogP contribution in [-0.2, 0) is 9.59 Å². The predicted octanol–water partition coefficient (Wildman–Crippen LogP) is 2.14. The molecular weight excluding hydrogens is 218 g/mol. The molecule has 1 fully saturated rings. The molecule has 0 heterocycles. The Kier molecular flexibility index (Phi) is 4.54. The Bertz CT molecular complexity index is 293. The van der Waals surface area contributed by atoms with Crippen molar-refractivity contribution in [3.05, 3.63) is 0 Å². The molecule has 98 valence electrons. The van der Waals surface area contributed by atoms with Gasteiger partial charge in [-0.3, -0.25) is 9.59 Å². The molecule has 1 N–H and O–H groups in total. The molecule has 1 rings (SSSR count). The third-order valence-corrected chi connectivity index (χ3v) is 3.57. The number of carboxylic acids is 1. The molecule has 0 saturated heterocycles. The van der Waals surface area contributed by atoms with Crippen LogP contribution in [0.5, 0.6) is 0 Å². The fourth-order valence-electron chi connectivity index (χ4n) is 2.59. The van der Waals surface area contributed by atoms with Crippen LogP contribution < -0.4 is 0 Å². The molecule has 0 atom stereocenters. The summed E-state index contributed by atoms with van der Waals surface area (Å²) in [5.74, 6) is -0.433. The van der Waals surface area contributed by atoms with Crippen molar-refractivity contribution in [1.82, 2.24) is 4.90 Å². The van der Waals surface area contributed by atoms with Crippen molar-refractivity contribution in [3.63, 3.8) is 0 Å². The van der Waals surface area contributed by atoms with Crippen LogP contribution in [0, 0.1) is 11.3 Å². The second-order valence-corrected chi connectivity index (χ2v) is 5.64. The minimum atomic E-state index is -0.804. The number of carbonyl (C=O) groups is 2. The van der Waals surface area contributed by atoms with Gasteiger partial charge in [-0.2, -0.15) is 0 Å². The lowest BCUT2D eigenvalue weighted by molar-refractivity contribution is -0.153. The van der Waals surface area contributed by atoms with E-state index in [-0.39, 0.29) is 12.3 Å². The van der Waals surface area contributed by atoms with Gasteiger partial charge in [0.15, 0.2) is 0 Å². The maximum Gasteiger partial charge on any atom is 0.310 e. The molecule has 0 spiro atoms. The highest BCUT2D eigenvalue weighted by Gasteiger charge is 2.43. The first kappa shape index (κ1) is 14.0. The molecule has 1 aliphatic rings. The van der Waals surface area contributed by atoms with Crippen molar-refractivity contribution < 1.29 is 14.7 Å². The molecule has 1 aliphatic carbocycles. The molecule has 1 saturated carbocycles. The van der Waals surface area contributed by atoms with Gasteiger partial charge in [0, 0.05) is 20.0 Å². The summed E-state index contributed by atoms with van der Waals surface area (Å²) in [5.41, 5.74) is -0.789. The Balaban J connectivity index is 2.62. The number of carbonyl (C=O) groups excluding carboxylic acids is 1. The summed E-state index contributed by atoms with van der Waals surface area (Å²) in [6.07, 6.45) is 3.29. The molecule has 0 aromatic heterocycles. The van der Waals surface area contributed by atoms with Crippen molar-refractivity contribution in [2.24, 2.45) is 11.3 Å². The van der Waals surface area contributed by atoms with Gasteiger partial charge in [0.25, 0.3) is 0 Å². The van der Waals surface area contributed by atoms with Gasteiger partial charge < -0.3 is 10.0 Å². The summed E-state index contributed by atoms with van der Waals surface area (Å²) in [4.78, 5) is 25.0. The van der Waals surface area contributed by atoms with Gasteiger partial charge in [0.1, 0.15) is 0 Å². The van der Waals surface area contributed by atoms with E-state index in [1.165, 1.54) is 0 Å². The third kappa shape index (κ3) is 3.45. The number of hydrogen-bond donors (Lipinski definition) is 1. The van der Waals surface area contributed by atoms with E-state index in [0.717, 1.165) is 12.8 Å². The van der Waals surface area contributed by atoms with E-state index < -0.39 is 11.4 Å². The maximum atomic E-state index is 12.0. The van der Waals surface area contributed by atoms with Crippen molar-refractivity contribution >= 4 is 11.9 Å². The summed E-state index contributed by atoms with van der Waals surface area (Å²) in [6, 6.07) is 0. The van der Waals surface area contributed by atoms with Crippen LogP contribution in [0.2, 0.25) is 0 Å². The summed E-state index contributed by atoms with van der Waals surface area (Å²) < 4.78 is 0. The number of amides is 1. The van der Waals surface area contributed by atoms with Crippen molar-refractivity contribution in [1.29, 1.82) is 0 Å². The molecular formula is C13H23NO3. The Morgan fingerprint density at radius 1 is 1.29 bits per heavy atom. The zero-order valence-electron chi connectivity index (χ0n) is 11.0. The quantitative estimate of drug-likeness (QED) is 0.802. The number of hydrogen-bond acceptors (Lipinski definition) is 2.